The number of amides is 1. The SMILES string of the molecule is CNc1cc2nc3c(cnn13)C(=O)NCCOc1cc(C)c(C)c(c1)N2. The van der Waals surface area contributed by atoms with Crippen LogP contribution in [0.3, 0.4) is 0 Å². The van der Waals surface area contributed by atoms with Crippen molar-refractivity contribution >= 4 is 28.9 Å². The number of rotatable bonds is 1. The largest absolute Gasteiger partial charge is 0.492 e. The summed E-state index contributed by atoms with van der Waals surface area (Å²) in [5.41, 5.74) is 4.05. The van der Waals surface area contributed by atoms with Gasteiger partial charge in [0.25, 0.3) is 5.91 Å². The van der Waals surface area contributed by atoms with Crippen molar-refractivity contribution in [3.63, 3.8) is 0 Å². The summed E-state index contributed by atoms with van der Waals surface area (Å²) in [6.45, 7) is 4.86. The Bertz CT molecular complexity index is 1010. The quantitative estimate of drug-likeness (QED) is 0.622. The molecule has 8 nitrogen and oxygen atoms in total. The molecular formula is C18H20N6O2. The van der Waals surface area contributed by atoms with E-state index in [0.29, 0.717) is 30.2 Å². The van der Waals surface area contributed by atoms with Gasteiger partial charge < -0.3 is 20.7 Å². The summed E-state index contributed by atoms with van der Waals surface area (Å²) in [6.07, 6.45) is 1.53. The van der Waals surface area contributed by atoms with E-state index in [2.05, 4.69) is 26.0 Å². The maximum absolute atomic E-state index is 12.5. The molecule has 4 rings (SSSR count). The minimum atomic E-state index is -0.228. The van der Waals surface area contributed by atoms with Crippen LogP contribution < -0.4 is 20.7 Å². The van der Waals surface area contributed by atoms with Crippen LogP contribution in [0.25, 0.3) is 5.65 Å². The first-order valence-electron chi connectivity index (χ1n) is 8.42. The minimum absolute atomic E-state index is 0.228. The smallest absolute Gasteiger partial charge is 0.256 e. The number of aryl methyl sites for hydroxylation is 1. The van der Waals surface area contributed by atoms with Crippen LogP contribution >= 0.6 is 0 Å². The van der Waals surface area contributed by atoms with E-state index in [1.165, 1.54) is 6.20 Å². The molecule has 0 saturated heterocycles. The Hall–Kier alpha value is -3.29. The first-order valence-corrected chi connectivity index (χ1v) is 8.42. The molecule has 1 amide bonds. The average Bonchev–Trinajstić information content (AvgIpc) is 3.05. The minimum Gasteiger partial charge on any atom is -0.492 e. The van der Waals surface area contributed by atoms with E-state index < -0.39 is 0 Å². The Morgan fingerprint density at radius 2 is 2.12 bits per heavy atom. The summed E-state index contributed by atoms with van der Waals surface area (Å²) in [5, 5.41) is 13.6. The first-order chi connectivity index (χ1) is 12.6. The molecule has 8 heteroatoms. The third kappa shape index (κ3) is 2.69. The van der Waals surface area contributed by atoms with Crippen LogP contribution in [0.1, 0.15) is 21.5 Å². The third-order valence-corrected chi connectivity index (χ3v) is 4.53. The summed E-state index contributed by atoms with van der Waals surface area (Å²) in [7, 11) is 1.80. The molecule has 0 radical (unpaired) electrons. The van der Waals surface area contributed by atoms with Gasteiger partial charge in [0, 0.05) is 24.9 Å². The number of carbonyl (C=O) groups excluding carboxylic acids is 1. The van der Waals surface area contributed by atoms with Crippen molar-refractivity contribution in [2.45, 2.75) is 13.8 Å². The normalized spacial score (nSPS) is 13.9. The zero-order valence-corrected chi connectivity index (χ0v) is 14.9. The van der Waals surface area contributed by atoms with Gasteiger partial charge in [0.1, 0.15) is 29.6 Å². The molecule has 134 valence electrons. The van der Waals surface area contributed by atoms with Crippen molar-refractivity contribution in [1.29, 1.82) is 0 Å². The number of ether oxygens (including phenoxy) is 1. The second-order valence-corrected chi connectivity index (χ2v) is 6.21. The van der Waals surface area contributed by atoms with Gasteiger partial charge in [-0.15, -0.1) is 0 Å². The number of hydrogen-bond acceptors (Lipinski definition) is 6. The van der Waals surface area contributed by atoms with E-state index in [1.807, 2.05) is 32.0 Å². The molecule has 2 aromatic heterocycles. The lowest BCUT2D eigenvalue weighted by molar-refractivity contribution is 0.0948. The maximum atomic E-state index is 12.5. The summed E-state index contributed by atoms with van der Waals surface area (Å²) in [6, 6.07) is 5.79. The van der Waals surface area contributed by atoms with Gasteiger partial charge in [-0.1, -0.05) is 0 Å². The fourth-order valence-corrected chi connectivity index (χ4v) is 2.97. The number of nitrogens with one attached hydrogen (secondary N) is 3. The van der Waals surface area contributed by atoms with Gasteiger partial charge in [-0.2, -0.15) is 9.61 Å². The number of aromatic nitrogens is 3. The Kier molecular flexibility index (Phi) is 3.87. The van der Waals surface area contributed by atoms with Crippen LogP contribution in [0, 0.1) is 13.8 Å². The van der Waals surface area contributed by atoms with Crippen LogP contribution in [-0.2, 0) is 0 Å². The van der Waals surface area contributed by atoms with Gasteiger partial charge in [0.2, 0.25) is 0 Å². The molecule has 0 aliphatic carbocycles. The Balaban J connectivity index is 1.92. The summed E-state index contributed by atoms with van der Waals surface area (Å²) in [4.78, 5) is 17.1. The lowest BCUT2D eigenvalue weighted by atomic mass is 10.1. The van der Waals surface area contributed by atoms with Crippen molar-refractivity contribution in [3.8, 4) is 5.75 Å². The first kappa shape index (κ1) is 16.2. The number of benzene rings is 1. The molecule has 3 heterocycles. The molecule has 4 bridgehead atoms. The van der Waals surface area contributed by atoms with Gasteiger partial charge in [-0.25, -0.2) is 4.98 Å². The number of fused-ring (bicyclic) bond motifs is 3. The standard InChI is InChI=1S/C18H20N6O2/c1-10-6-12-7-14(11(10)2)22-15-8-16(19-3)24-17(23-15)13(9-21-24)18(25)20-4-5-26-12/h6-9,19H,4-5H2,1-3H3,(H,20,25)(H,22,23). The van der Waals surface area contributed by atoms with Gasteiger partial charge in [0.15, 0.2) is 5.65 Å². The molecule has 3 N–H and O–H groups in total. The van der Waals surface area contributed by atoms with E-state index in [9.17, 15) is 4.79 Å². The van der Waals surface area contributed by atoms with Crippen molar-refractivity contribution in [2.24, 2.45) is 0 Å². The van der Waals surface area contributed by atoms with Gasteiger partial charge >= 0.3 is 0 Å². The molecule has 1 aliphatic heterocycles. The van der Waals surface area contributed by atoms with Crippen molar-refractivity contribution in [2.75, 3.05) is 30.8 Å². The third-order valence-electron chi connectivity index (χ3n) is 4.53. The zero-order valence-electron chi connectivity index (χ0n) is 14.9. The average molecular weight is 352 g/mol. The lowest BCUT2D eigenvalue weighted by Gasteiger charge is -2.15. The highest BCUT2D eigenvalue weighted by molar-refractivity contribution is 6.00. The Morgan fingerprint density at radius 1 is 1.27 bits per heavy atom. The summed E-state index contributed by atoms with van der Waals surface area (Å²) in [5.74, 6) is 1.87. The Morgan fingerprint density at radius 3 is 2.92 bits per heavy atom. The van der Waals surface area contributed by atoms with Crippen molar-refractivity contribution in [3.05, 3.63) is 41.1 Å². The van der Waals surface area contributed by atoms with E-state index in [1.54, 1.807) is 11.6 Å². The molecule has 1 aromatic carbocycles. The van der Waals surface area contributed by atoms with Crippen LogP contribution in [0.4, 0.5) is 17.3 Å². The zero-order chi connectivity index (χ0) is 18.3. The number of anilines is 3. The lowest BCUT2D eigenvalue weighted by Crippen LogP contribution is -2.28. The highest BCUT2D eigenvalue weighted by Crippen LogP contribution is 2.29. The summed E-state index contributed by atoms with van der Waals surface area (Å²) >= 11 is 0. The van der Waals surface area contributed by atoms with Crippen LogP contribution in [0.15, 0.2) is 24.4 Å². The highest BCUT2D eigenvalue weighted by Gasteiger charge is 2.18. The van der Waals surface area contributed by atoms with Crippen molar-refractivity contribution in [1.82, 2.24) is 19.9 Å². The molecule has 26 heavy (non-hydrogen) atoms. The number of carbonyl (C=O) groups is 1. The summed E-state index contributed by atoms with van der Waals surface area (Å²) < 4.78 is 7.41. The molecule has 0 atom stereocenters. The molecule has 3 aromatic rings. The van der Waals surface area contributed by atoms with E-state index in [4.69, 9.17) is 4.74 Å². The number of hydrogen-bond donors (Lipinski definition) is 3. The predicted molar refractivity (Wildman–Crippen MR) is 99.6 cm³/mol. The molecule has 0 saturated carbocycles. The van der Waals surface area contributed by atoms with E-state index >= 15 is 0 Å². The molecular weight excluding hydrogens is 332 g/mol. The van der Waals surface area contributed by atoms with Crippen molar-refractivity contribution < 1.29 is 9.53 Å². The van der Waals surface area contributed by atoms with Gasteiger partial charge in [-0.3, -0.25) is 4.79 Å². The van der Waals surface area contributed by atoms with E-state index in [0.717, 1.165) is 28.4 Å². The van der Waals surface area contributed by atoms with E-state index in [-0.39, 0.29) is 5.91 Å². The van der Waals surface area contributed by atoms with Crippen LogP contribution in [0.5, 0.6) is 5.75 Å². The topological polar surface area (TPSA) is 92.6 Å². The Labute approximate surface area is 150 Å². The maximum Gasteiger partial charge on any atom is 0.256 e. The highest BCUT2D eigenvalue weighted by atomic mass is 16.5. The monoisotopic (exact) mass is 352 g/mol. The molecule has 0 fully saturated rings. The fourth-order valence-electron chi connectivity index (χ4n) is 2.97. The molecule has 0 spiro atoms. The molecule has 0 unspecified atom stereocenters. The van der Waals surface area contributed by atoms with Gasteiger partial charge in [0.05, 0.1) is 12.7 Å². The molecule has 1 aliphatic rings. The second-order valence-electron chi connectivity index (χ2n) is 6.21. The second kappa shape index (κ2) is 6.21. The predicted octanol–water partition coefficient (Wildman–Crippen LogP) is 2.25. The fraction of sp³-hybridized carbons (Fsp3) is 0.278. The van der Waals surface area contributed by atoms with Crippen LogP contribution in [-0.4, -0.2) is 40.7 Å². The van der Waals surface area contributed by atoms with Gasteiger partial charge in [-0.05, 0) is 31.0 Å². The number of nitrogens with zero attached hydrogens (tertiary/aromatic N) is 3. The van der Waals surface area contributed by atoms with Crippen LogP contribution in [0.2, 0.25) is 0 Å².